The first-order valence-corrected chi connectivity index (χ1v) is 7.27. The second-order valence-electron chi connectivity index (χ2n) is 6.08. The van der Waals surface area contributed by atoms with Gasteiger partial charge in [-0.25, -0.2) is 0 Å². The Bertz CT molecular complexity index is 400. The van der Waals surface area contributed by atoms with Crippen LogP contribution in [-0.4, -0.2) is 36.4 Å². The van der Waals surface area contributed by atoms with E-state index in [2.05, 4.69) is 55.3 Å². The largest absolute Gasteiger partial charge is 0.396 e. The van der Waals surface area contributed by atoms with E-state index in [1.54, 1.807) is 0 Å². The highest BCUT2D eigenvalue weighted by Gasteiger charge is 2.32. The first-order chi connectivity index (χ1) is 9.05. The van der Waals surface area contributed by atoms with E-state index in [1.165, 1.54) is 11.3 Å². The molecule has 3 heteroatoms. The minimum Gasteiger partial charge on any atom is -0.396 e. The molecule has 1 saturated heterocycles. The zero-order valence-electron chi connectivity index (χ0n) is 12.3. The average molecular weight is 262 g/mol. The molecule has 1 aromatic carbocycles. The van der Waals surface area contributed by atoms with Gasteiger partial charge in [-0.05, 0) is 44.4 Å². The van der Waals surface area contributed by atoms with Crippen LogP contribution in [0.1, 0.15) is 32.8 Å². The Morgan fingerprint density at radius 3 is 2.58 bits per heavy atom. The maximum Gasteiger partial charge on any atom is 0.0451 e. The Balaban J connectivity index is 2.20. The zero-order valence-corrected chi connectivity index (χ0v) is 12.3. The number of nitrogens with one attached hydrogen (secondary N) is 1. The van der Waals surface area contributed by atoms with Crippen molar-refractivity contribution in [3.8, 4) is 0 Å². The number of rotatable bonds is 4. The Hall–Kier alpha value is -1.06. The topological polar surface area (TPSA) is 35.5 Å². The monoisotopic (exact) mass is 262 g/mol. The third-order valence-corrected chi connectivity index (χ3v) is 3.96. The van der Waals surface area contributed by atoms with Crippen LogP contribution in [0.4, 0.5) is 5.69 Å². The van der Waals surface area contributed by atoms with Crippen molar-refractivity contribution >= 4 is 5.69 Å². The van der Waals surface area contributed by atoms with Crippen molar-refractivity contribution in [3.63, 3.8) is 0 Å². The Kier molecular flexibility index (Phi) is 4.48. The molecule has 1 heterocycles. The summed E-state index contributed by atoms with van der Waals surface area (Å²) < 4.78 is 0. The van der Waals surface area contributed by atoms with Gasteiger partial charge in [-0.3, -0.25) is 0 Å². The molecule has 0 aromatic heterocycles. The summed E-state index contributed by atoms with van der Waals surface area (Å²) in [4.78, 5) is 2.44. The molecule has 3 nitrogen and oxygen atoms in total. The van der Waals surface area contributed by atoms with Crippen molar-refractivity contribution in [2.45, 2.75) is 45.2 Å². The van der Waals surface area contributed by atoms with Crippen molar-refractivity contribution in [1.29, 1.82) is 0 Å². The molecule has 1 aromatic rings. The van der Waals surface area contributed by atoms with Crippen LogP contribution in [0.2, 0.25) is 0 Å². The maximum atomic E-state index is 9.24. The predicted octanol–water partition coefficient (Wildman–Crippen LogP) is 2.19. The second-order valence-corrected chi connectivity index (χ2v) is 6.08. The second kappa shape index (κ2) is 5.93. The number of hydrogen-bond acceptors (Lipinski definition) is 3. The summed E-state index contributed by atoms with van der Waals surface area (Å²) in [5.74, 6) is 0. The standard InChI is InChI=1S/C16H26N2O/c1-4-13-5-7-14(8-6-13)18-12-16(2,3)17-11-15(18)9-10-19/h5-8,15,17,19H,4,9-12H2,1-3H3. The van der Waals surface area contributed by atoms with Gasteiger partial charge in [0.05, 0.1) is 0 Å². The quantitative estimate of drug-likeness (QED) is 0.873. The molecule has 0 aliphatic carbocycles. The van der Waals surface area contributed by atoms with Crippen molar-refractivity contribution in [2.75, 3.05) is 24.6 Å². The van der Waals surface area contributed by atoms with Crippen LogP contribution >= 0.6 is 0 Å². The molecule has 19 heavy (non-hydrogen) atoms. The van der Waals surface area contributed by atoms with Gasteiger partial charge in [0.15, 0.2) is 0 Å². The number of aliphatic hydroxyl groups excluding tert-OH is 1. The van der Waals surface area contributed by atoms with E-state index in [1.807, 2.05) is 0 Å². The van der Waals surface area contributed by atoms with Gasteiger partial charge in [-0.2, -0.15) is 0 Å². The molecule has 2 N–H and O–H groups in total. The highest BCUT2D eigenvalue weighted by Crippen LogP contribution is 2.25. The number of piperazine rings is 1. The van der Waals surface area contributed by atoms with E-state index in [-0.39, 0.29) is 12.1 Å². The molecule has 1 fully saturated rings. The molecule has 0 bridgehead atoms. The molecule has 0 saturated carbocycles. The van der Waals surface area contributed by atoms with Gasteiger partial charge in [0.2, 0.25) is 0 Å². The molecule has 0 amide bonds. The van der Waals surface area contributed by atoms with E-state index >= 15 is 0 Å². The SMILES string of the molecule is CCc1ccc(N2CC(C)(C)NCC2CCO)cc1. The van der Waals surface area contributed by atoms with Gasteiger partial charge in [-0.1, -0.05) is 19.1 Å². The third-order valence-electron chi connectivity index (χ3n) is 3.96. The van der Waals surface area contributed by atoms with Crippen LogP contribution in [0.25, 0.3) is 0 Å². The van der Waals surface area contributed by atoms with Crippen LogP contribution < -0.4 is 10.2 Å². The molecule has 2 rings (SSSR count). The van der Waals surface area contributed by atoms with Gasteiger partial charge in [0.25, 0.3) is 0 Å². The van der Waals surface area contributed by atoms with Gasteiger partial charge in [0, 0.05) is 37.0 Å². The average Bonchev–Trinajstić information content (AvgIpc) is 2.41. The molecule has 0 spiro atoms. The first kappa shape index (κ1) is 14.4. The highest BCUT2D eigenvalue weighted by molar-refractivity contribution is 5.50. The Labute approximate surface area is 116 Å². The fourth-order valence-electron chi connectivity index (χ4n) is 2.75. The van der Waals surface area contributed by atoms with Crippen molar-refractivity contribution in [2.24, 2.45) is 0 Å². The van der Waals surface area contributed by atoms with Crippen molar-refractivity contribution in [3.05, 3.63) is 29.8 Å². The Morgan fingerprint density at radius 2 is 2.00 bits per heavy atom. The normalized spacial score (nSPS) is 22.5. The molecule has 1 aliphatic rings. The minimum absolute atomic E-state index is 0.120. The number of aliphatic hydroxyl groups is 1. The molecule has 106 valence electrons. The summed E-state index contributed by atoms with van der Waals surface area (Å²) in [7, 11) is 0. The van der Waals surface area contributed by atoms with E-state index in [0.29, 0.717) is 6.04 Å². The maximum absolute atomic E-state index is 9.24. The van der Waals surface area contributed by atoms with Crippen LogP contribution in [-0.2, 0) is 6.42 Å². The fraction of sp³-hybridized carbons (Fsp3) is 0.625. The molecule has 0 radical (unpaired) electrons. The van der Waals surface area contributed by atoms with E-state index in [9.17, 15) is 5.11 Å². The van der Waals surface area contributed by atoms with E-state index in [0.717, 1.165) is 25.9 Å². The summed E-state index contributed by atoms with van der Waals surface area (Å²) >= 11 is 0. The lowest BCUT2D eigenvalue weighted by Crippen LogP contribution is -2.62. The van der Waals surface area contributed by atoms with Gasteiger partial charge in [-0.15, -0.1) is 0 Å². The smallest absolute Gasteiger partial charge is 0.0451 e. The van der Waals surface area contributed by atoms with Gasteiger partial charge in [0.1, 0.15) is 0 Å². The molecule has 1 atom stereocenters. The lowest BCUT2D eigenvalue weighted by atomic mass is 9.96. The number of aryl methyl sites for hydroxylation is 1. The minimum atomic E-state index is 0.120. The highest BCUT2D eigenvalue weighted by atomic mass is 16.3. The van der Waals surface area contributed by atoms with Crippen LogP contribution in [0.15, 0.2) is 24.3 Å². The van der Waals surface area contributed by atoms with E-state index < -0.39 is 0 Å². The fourth-order valence-corrected chi connectivity index (χ4v) is 2.75. The summed E-state index contributed by atoms with van der Waals surface area (Å²) in [6.45, 7) is 8.80. The summed E-state index contributed by atoms with van der Waals surface area (Å²) in [5, 5.41) is 12.8. The number of benzene rings is 1. The van der Waals surface area contributed by atoms with Crippen molar-refractivity contribution < 1.29 is 5.11 Å². The number of hydrogen-bond donors (Lipinski definition) is 2. The predicted molar refractivity (Wildman–Crippen MR) is 80.7 cm³/mol. The zero-order chi connectivity index (χ0) is 13.9. The first-order valence-electron chi connectivity index (χ1n) is 7.27. The summed E-state index contributed by atoms with van der Waals surface area (Å²) in [6.07, 6.45) is 1.89. The van der Waals surface area contributed by atoms with Gasteiger partial charge >= 0.3 is 0 Å². The number of nitrogens with zero attached hydrogens (tertiary/aromatic N) is 1. The third kappa shape index (κ3) is 3.48. The van der Waals surface area contributed by atoms with Crippen molar-refractivity contribution in [1.82, 2.24) is 5.32 Å². The van der Waals surface area contributed by atoms with Crippen LogP contribution in [0.3, 0.4) is 0 Å². The lowest BCUT2D eigenvalue weighted by molar-refractivity contribution is 0.241. The van der Waals surface area contributed by atoms with E-state index in [4.69, 9.17) is 0 Å². The molecular weight excluding hydrogens is 236 g/mol. The molecule has 1 aliphatic heterocycles. The van der Waals surface area contributed by atoms with Crippen LogP contribution in [0.5, 0.6) is 0 Å². The number of anilines is 1. The Morgan fingerprint density at radius 1 is 1.32 bits per heavy atom. The molecular formula is C16H26N2O. The summed E-state index contributed by atoms with van der Waals surface area (Å²) in [5.41, 5.74) is 2.76. The van der Waals surface area contributed by atoms with Crippen LogP contribution in [0, 0.1) is 0 Å². The molecule has 1 unspecified atom stereocenters. The summed E-state index contributed by atoms with van der Waals surface area (Å²) in [6, 6.07) is 9.22. The lowest BCUT2D eigenvalue weighted by Gasteiger charge is -2.46. The van der Waals surface area contributed by atoms with Gasteiger partial charge < -0.3 is 15.3 Å².